The minimum absolute atomic E-state index is 0.0681. The molecule has 0 unspecified atom stereocenters. The molecule has 3 aromatic carbocycles. The summed E-state index contributed by atoms with van der Waals surface area (Å²) >= 11 is 0. The van der Waals surface area contributed by atoms with Crippen LogP contribution in [0.3, 0.4) is 0 Å². The standard InChI is InChI=1S/C30H37N3O5S/c1-6-28(30(35)31-5)32(20-24-11-9-8-10-23(24)4)29(34)21-33(25-14-16-26(17-15-25)38-7-2)39(36,37)27-18-12-22(3)13-19-27/h8-19,28H,6-7,20-21H2,1-5H3,(H,31,35)/t28-/m0/s1. The minimum Gasteiger partial charge on any atom is -0.494 e. The van der Waals surface area contributed by atoms with Gasteiger partial charge in [0.2, 0.25) is 11.8 Å². The molecule has 0 saturated carbocycles. The van der Waals surface area contributed by atoms with E-state index in [1.165, 1.54) is 24.1 Å². The van der Waals surface area contributed by atoms with Gasteiger partial charge in [-0.2, -0.15) is 0 Å². The fourth-order valence-corrected chi connectivity index (χ4v) is 5.71. The quantitative estimate of drug-likeness (QED) is 0.359. The molecule has 0 saturated heterocycles. The zero-order valence-corrected chi connectivity index (χ0v) is 24.0. The van der Waals surface area contributed by atoms with E-state index in [0.717, 1.165) is 21.0 Å². The maximum Gasteiger partial charge on any atom is 0.264 e. The molecule has 0 radical (unpaired) electrons. The Balaban J connectivity index is 2.07. The van der Waals surface area contributed by atoms with E-state index in [2.05, 4.69) is 5.32 Å². The number of nitrogens with zero attached hydrogens (tertiary/aromatic N) is 2. The fourth-order valence-electron chi connectivity index (χ4n) is 4.30. The van der Waals surface area contributed by atoms with Gasteiger partial charge in [0.05, 0.1) is 17.2 Å². The number of ether oxygens (including phenoxy) is 1. The highest BCUT2D eigenvalue weighted by Crippen LogP contribution is 2.27. The van der Waals surface area contributed by atoms with Gasteiger partial charge in [-0.15, -0.1) is 0 Å². The summed E-state index contributed by atoms with van der Waals surface area (Å²) in [4.78, 5) is 28.3. The van der Waals surface area contributed by atoms with Gasteiger partial charge in [-0.1, -0.05) is 48.9 Å². The first-order valence-electron chi connectivity index (χ1n) is 13.0. The van der Waals surface area contributed by atoms with Gasteiger partial charge in [0.25, 0.3) is 10.0 Å². The molecular formula is C30H37N3O5S. The highest BCUT2D eigenvalue weighted by atomic mass is 32.2. The number of aryl methyl sites for hydroxylation is 2. The number of hydrogen-bond acceptors (Lipinski definition) is 5. The number of benzene rings is 3. The summed E-state index contributed by atoms with van der Waals surface area (Å²) in [6.07, 6.45) is 0.366. The summed E-state index contributed by atoms with van der Waals surface area (Å²) in [5, 5.41) is 2.64. The first kappa shape index (κ1) is 29.7. The van der Waals surface area contributed by atoms with Gasteiger partial charge in [0.1, 0.15) is 18.3 Å². The number of amides is 2. The van der Waals surface area contributed by atoms with Crippen LogP contribution in [0.25, 0.3) is 0 Å². The van der Waals surface area contributed by atoms with Gasteiger partial charge >= 0.3 is 0 Å². The Bertz CT molecular complexity index is 1370. The topological polar surface area (TPSA) is 96.0 Å². The van der Waals surface area contributed by atoms with Crippen molar-refractivity contribution < 1.29 is 22.7 Å². The molecule has 0 bridgehead atoms. The van der Waals surface area contributed by atoms with Gasteiger partial charge in [-0.3, -0.25) is 13.9 Å². The van der Waals surface area contributed by atoms with Crippen LogP contribution in [0.15, 0.2) is 77.7 Å². The third-order valence-corrected chi connectivity index (χ3v) is 8.35. The van der Waals surface area contributed by atoms with E-state index in [1.54, 1.807) is 36.4 Å². The van der Waals surface area contributed by atoms with Crippen molar-refractivity contribution in [3.8, 4) is 5.75 Å². The predicted octanol–water partition coefficient (Wildman–Crippen LogP) is 4.45. The average molecular weight is 552 g/mol. The Hall–Kier alpha value is -3.85. The van der Waals surface area contributed by atoms with E-state index in [1.807, 2.05) is 52.0 Å². The number of sulfonamides is 1. The number of carbonyl (C=O) groups excluding carboxylic acids is 2. The zero-order chi connectivity index (χ0) is 28.6. The second-order valence-corrected chi connectivity index (χ2v) is 11.1. The smallest absolute Gasteiger partial charge is 0.264 e. The molecular weight excluding hydrogens is 514 g/mol. The number of rotatable bonds is 12. The van der Waals surface area contributed by atoms with Gasteiger partial charge in [0, 0.05) is 13.6 Å². The molecule has 0 aliphatic heterocycles. The molecule has 208 valence electrons. The molecule has 3 rings (SSSR count). The van der Waals surface area contributed by atoms with Gasteiger partial charge in [0.15, 0.2) is 0 Å². The van der Waals surface area contributed by atoms with Crippen molar-refractivity contribution in [2.45, 2.75) is 51.6 Å². The lowest BCUT2D eigenvalue weighted by atomic mass is 10.1. The van der Waals surface area contributed by atoms with E-state index in [9.17, 15) is 18.0 Å². The second kappa shape index (κ2) is 13.3. The third-order valence-electron chi connectivity index (χ3n) is 6.56. The van der Waals surface area contributed by atoms with Crippen LogP contribution in [0.4, 0.5) is 5.69 Å². The van der Waals surface area contributed by atoms with E-state index < -0.39 is 28.5 Å². The van der Waals surface area contributed by atoms with Gasteiger partial charge in [-0.05, 0) is 74.7 Å². The molecule has 0 heterocycles. The maximum absolute atomic E-state index is 14.0. The van der Waals surface area contributed by atoms with Crippen molar-refractivity contribution >= 4 is 27.5 Å². The van der Waals surface area contributed by atoms with E-state index in [-0.39, 0.29) is 17.3 Å². The monoisotopic (exact) mass is 551 g/mol. The van der Waals surface area contributed by atoms with Crippen LogP contribution in [0.5, 0.6) is 5.75 Å². The molecule has 0 spiro atoms. The zero-order valence-electron chi connectivity index (χ0n) is 23.2. The van der Waals surface area contributed by atoms with Crippen LogP contribution < -0.4 is 14.4 Å². The molecule has 2 amide bonds. The highest BCUT2D eigenvalue weighted by Gasteiger charge is 2.33. The van der Waals surface area contributed by atoms with Gasteiger partial charge in [-0.25, -0.2) is 8.42 Å². The molecule has 39 heavy (non-hydrogen) atoms. The molecule has 9 heteroatoms. The number of anilines is 1. The van der Waals surface area contributed by atoms with E-state index in [4.69, 9.17) is 4.74 Å². The second-order valence-electron chi connectivity index (χ2n) is 9.24. The Labute approximate surface area is 231 Å². The molecule has 1 N–H and O–H groups in total. The third kappa shape index (κ3) is 7.17. The van der Waals surface area contributed by atoms with Crippen molar-refractivity contribution in [3.63, 3.8) is 0 Å². The van der Waals surface area contributed by atoms with Crippen LogP contribution in [0.2, 0.25) is 0 Å². The Kier molecular flexibility index (Phi) is 10.1. The first-order valence-corrected chi connectivity index (χ1v) is 14.4. The summed E-state index contributed by atoms with van der Waals surface area (Å²) in [5.74, 6) is -0.209. The maximum atomic E-state index is 14.0. The fraction of sp³-hybridized carbons (Fsp3) is 0.333. The van der Waals surface area contributed by atoms with Crippen molar-refractivity contribution in [1.82, 2.24) is 10.2 Å². The summed E-state index contributed by atoms with van der Waals surface area (Å²) in [7, 11) is -2.60. The molecule has 0 aromatic heterocycles. The van der Waals surface area contributed by atoms with Crippen LogP contribution in [0.1, 0.15) is 37.0 Å². The summed E-state index contributed by atoms with van der Waals surface area (Å²) < 4.78 is 34.4. The molecule has 0 aliphatic carbocycles. The number of carbonyl (C=O) groups is 2. The average Bonchev–Trinajstić information content (AvgIpc) is 2.93. The van der Waals surface area contributed by atoms with E-state index in [0.29, 0.717) is 24.5 Å². The Morgan fingerprint density at radius 3 is 2.13 bits per heavy atom. The van der Waals surface area contributed by atoms with Crippen LogP contribution in [-0.4, -0.2) is 51.4 Å². The van der Waals surface area contributed by atoms with Crippen LogP contribution >= 0.6 is 0 Å². The summed E-state index contributed by atoms with van der Waals surface area (Å²) in [6.45, 7) is 7.65. The molecule has 0 aliphatic rings. The lowest BCUT2D eigenvalue weighted by Gasteiger charge is -2.33. The SMILES string of the molecule is CCOc1ccc(N(CC(=O)N(Cc2ccccc2C)[C@@H](CC)C(=O)NC)S(=O)(=O)c2ccc(C)cc2)cc1. The molecule has 8 nitrogen and oxygen atoms in total. The Morgan fingerprint density at radius 1 is 0.923 bits per heavy atom. The predicted molar refractivity (Wildman–Crippen MR) is 153 cm³/mol. The largest absolute Gasteiger partial charge is 0.494 e. The lowest BCUT2D eigenvalue weighted by molar-refractivity contribution is -0.140. The van der Waals surface area contributed by atoms with Crippen molar-refractivity contribution in [2.24, 2.45) is 0 Å². The minimum atomic E-state index is -4.12. The van der Waals surface area contributed by atoms with Crippen LogP contribution in [-0.2, 0) is 26.2 Å². The molecule has 0 fully saturated rings. The van der Waals surface area contributed by atoms with Crippen LogP contribution in [0, 0.1) is 13.8 Å². The number of hydrogen-bond donors (Lipinski definition) is 1. The van der Waals surface area contributed by atoms with Crippen molar-refractivity contribution in [3.05, 3.63) is 89.5 Å². The first-order chi connectivity index (χ1) is 18.6. The molecule has 3 aromatic rings. The highest BCUT2D eigenvalue weighted by molar-refractivity contribution is 7.92. The lowest BCUT2D eigenvalue weighted by Crippen LogP contribution is -2.51. The normalized spacial score (nSPS) is 11.9. The van der Waals surface area contributed by atoms with Crippen molar-refractivity contribution in [2.75, 3.05) is 24.5 Å². The van der Waals surface area contributed by atoms with Gasteiger partial charge < -0.3 is 15.0 Å². The number of nitrogens with one attached hydrogen (secondary N) is 1. The number of likely N-dealkylation sites (N-methyl/N-ethyl adjacent to an activating group) is 1. The molecule has 1 atom stereocenters. The van der Waals surface area contributed by atoms with E-state index >= 15 is 0 Å². The Morgan fingerprint density at radius 2 is 1.56 bits per heavy atom. The summed E-state index contributed by atoms with van der Waals surface area (Å²) in [5.41, 5.74) is 3.08. The van der Waals surface area contributed by atoms with Crippen molar-refractivity contribution in [1.29, 1.82) is 0 Å². The summed E-state index contributed by atoms with van der Waals surface area (Å²) in [6, 6.07) is 19.9.